The van der Waals surface area contributed by atoms with Crippen molar-refractivity contribution in [2.45, 2.75) is 25.7 Å². The fourth-order valence-electron chi connectivity index (χ4n) is 3.60. The molecule has 3 heterocycles. The lowest BCUT2D eigenvalue weighted by Gasteiger charge is -2.07. The van der Waals surface area contributed by atoms with Crippen molar-refractivity contribution >= 4 is 44.0 Å². The van der Waals surface area contributed by atoms with E-state index < -0.39 is 15.8 Å². The zero-order valence-corrected chi connectivity index (χ0v) is 21.2. The van der Waals surface area contributed by atoms with Gasteiger partial charge in [-0.25, -0.2) is 21.8 Å². The summed E-state index contributed by atoms with van der Waals surface area (Å²) < 4.78 is 42.4. The van der Waals surface area contributed by atoms with E-state index in [-0.39, 0.29) is 15.6 Å². The maximum absolute atomic E-state index is 14.2. The fourth-order valence-corrected chi connectivity index (χ4v) is 5.82. The van der Waals surface area contributed by atoms with E-state index in [1.807, 2.05) is 43.7 Å². The predicted octanol–water partition coefficient (Wildman–Crippen LogP) is 7.80. The molecule has 0 aliphatic heterocycles. The van der Waals surface area contributed by atoms with Crippen LogP contribution >= 0.6 is 22.9 Å². The van der Waals surface area contributed by atoms with Gasteiger partial charge in [0.2, 0.25) is 0 Å². The first kappa shape index (κ1) is 24.1. The van der Waals surface area contributed by atoms with E-state index in [1.54, 1.807) is 53.9 Å². The summed E-state index contributed by atoms with van der Waals surface area (Å²) in [5, 5.41) is 4.44. The van der Waals surface area contributed by atoms with E-state index in [2.05, 4.69) is 4.98 Å². The molecule has 3 aromatic heterocycles. The van der Waals surface area contributed by atoms with Gasteiger partial charge in [0.05, 0.1) is 9.92 Å². The highest BCUT2D eigenvalue weighted by atomic mass is 35.5. The molecule has 2 aromatic carbocycles. The van der Waals surface area contributed by atoms with Gasteiger partial charge in [-0.1, -0.05) is 55.3 Å². The van der Waals surface area contributed by atoms with Crippen molar-refractivity contribution in [2.24, 2.45) is 0 Å². The first-order valence-corrected chi connectivity index (χ1v) is 13.4. The van der Waals surface area contributed by atoms with Crippen LogP contribution in [0, 0.1) is 12.7 Å². The number of benzene rings is 2. The Labute approximate surface area is 207 Å². The lowest BCUT2D eigenvalue weighted by atomic mass is 10.0. The number of hydrogen-bond acceptors (Lipinski definition) is 4. The van der Waals surface area contributed by atoms with Crippen LogP contribution in [0.25, 0.3) is 33.3 Å². The highest BCUT2D eigenvalue weighted by Crippen LogP contribution is 2.38. The largest absolute Gasteiger partial charge is 0.269 e. The zero-order valence-electron chi connectivity index (χ0n) is 18.8. The number of thiophene rings is 1. The molecule has 8 heteroatoms. The molecule has 0 fully saturated rings. The summed E-state index contributed by atoms with van der Waals surface area (Å²) >= 11 is 7.83. The molecule has 0 unspecified atom stereocenters. The normalized spacial score (nSPS) is 11.3. The summed E-state index contributed by atoms with van der Waals surface area (Å²) in [6.07, 6.45) is 3.10. The Morgan fingerprint density at radius 1 is 1.00 bits per heavy atom. The Bertz CT molecular complexity index is 1560. The summed E-state index contributed by atoms with van der Waals surface area (Å²) in [6.45, 7) is 5.89. The highest BCUT2D eigenvalue weighted by Gasteiger charge is 2.24. The van der Waals surface area contributed by atoms with Crippen molar-refractivity contribution in [3.05, 3.63) is 94.2 Å². The SMILES string of the molecule is CC.Cc1ccc(S(=O)(=O)n2cc(-c3cccc(F)c3Cl)c3cc(-c4ccsc4)cnc32)cc1. The van der Waals surface area contributed by atoms with Gasteiger partial charge >= 0.3 is 0 Å². The second-order valence-corrected chi connectivity index (χ2v) is 10.3. The van der Waals surface area contributed by atoms with Gasteiger partial charge in [0.1, 0.15) is 5.82 Å². The molecule has 0 amide bonds. The van der Waals surface area contributed by atoms with Crippen molar-refractivity contribution in [3.63, 3.8) is 0 Å². The molecule has 0 bridgehead atoms. The van der Waals surface area contributed by atoms with E-state index in [9.17, 15) is 12.8 Å². The van der Waals surface area contributed by atoms with Crippen molar-refractivity contribution < 1.29 is 12.8 Å². The number of nitrogens with zero attached hydrogens (tertiary/aromatic N) is 2. The van der Waals surface area contributed by atoms with Crippen LogP contribution in [-0.2, 0) is 10.0 Å². The van der Waals surface area contributed by atoms with E-state index in [1.165, 1.54) is 12.3 Å². The average molecular weight is 513 g/mol. The molecule has 0 saturated carbocycles. The first-order valence-electron chi connectivity index (χ1n) is 10.7. The third-order valence-electron chi connectivity index (χ3n) is 5.29. The number of rotatable bonds is 4. The van der Waals surface area contributed by atoms with Gasteiger partial charge in [0.15, 0.2) is 5.65 Å². The molecule has 0 radical (unpaired) electrons. The van der Waals surface area contributed by atoms with Crippen LogP contribution in [-0.4, -0.2) is 17.4 Å². The molecule has 174 valence electrons. The van der Waals surface area contributed by atoms with Gasteiger partial charge in [-0.2, -0.15) is 11.3 Å². The van der Waals surface area contributed by atoms with Gasteiger partial charge in [0, 0.05) is 34.5 Å². The maximum atomic E-state index is 14.2. The number of pyridine rings is 1. The minimum Gasteiger partial charge on any atom is -0.237 e. The molecule has 5 rings (SSSR count). The fraction of sp³-hybridized carbons (Fsp3) is 0.115. The van der Waals surface area contributed by atoms with E-state index in [0.717, 1.165) is 20.7 Å². The molecular weight excluding hydrogens is 491 g/mol. The van der Waals surface area contributed by atoms with Crippen molar-refractivity contribution in [3.8, 4) is 22.3 Å². The highest BCUT2D eigenvalue weighted by molar-refractivity contribution is 7.90. The summed E-state index contributed by atoms with van der Waals surface area (Å²) in [5.41, 5.74) is 3.89. The van der Waals surface area contributed by atoms with Crippen molar-refractivity contribution in [1.82, 2.24) is 8.96 Å². The first-order chi connectivity index (χ1) is 16.4. The third kappa shape index (κ3) is 4.27. The summed E-state index contributed by atoms with van der Waals surface area (Å²) in [4.78, 5) is 4.64. The molecule has 0 spiro atoms. The molecule has 0 aliphatic rings. The monoisotopic (exact) mass is 512 g/mol. The molecule has 0 saturated heterocycles. The topological polar surface area (TPSA) is 52.0 Å². The Balaban J connectivity index is 0.00000133. The minimum atomic E-state index is -3.94. The van der Waals surface area contributed by atoms with Gasteiger partial charge in [-0.05, 0) is 53.6 Å². The Morgan fingerprint density at radius 2 is 1.74 bits per heavy atom. The Kier molecular flexibility index (Phi) is 6.89. The third-order valence-corrected chi connectivity index (χ3v) is 8.02. The van der Waals surface area contributed by atoms with E-state index in [4.69, 9.17) is 11.6 Å². The van der Waals surface area contributed by atoms with Gasteiger partial charge in [-0.15, -0.1) is 0 Å². The molecule has 0 atom stereocenters. The number of aryl methyl sites for hydroxylation is 1. The van der Waals surface area contributed by atoms with Crippen LogP contribution in [0.2, 0.25) is 5.02 Å². The number of hydrogen-bond donors (Lipinski definition) is 0. The van der Waals surface area contributed by atoms with Crippen LogP contribution in [0.1, 0.15) is 19.4 Å². The lowest BCUT2D eigenvalue weighted by Crippen LogP contribution is -2.12. The summed E-state index contributed by atoms with van der Waals surface area (Å²) in [5.74, 6) is -0.576. The van der Waals surface area contributed by atoms with E-state index in [0.29, 0.717) is 16.5 Å². The molecular formula is C26H22ClFN2O2S2. The van der Waals surface area contributed by atoms with Crippen LogP contribution in [0.3, 0.4) is 0 Å². The van der Waals surface area contributed by atoms with Gasteiger partial charge < -0.3 is 0 Å². The summed E-state index contributed by atoms with van der Waals surface area (Å²) in [6, 6.07) is 14.9. The van der Waals surface area contributed by atoms with Crippen LogP contribution in [0.5, 0.6) is 0 Å². The van der Waals surface area contributed by atoms with Crippen LogP contribution in [0.4, 0.5) is 4.39 Å². The number of fused-ring (bicyclic) bond motifs is 1. The molecule has 4 nitrogen and oxygen atoms in total. The second kappa shape index (κ2) is 9.70. The second-order valence-electron chi connectivity index (χ2n) is 7.37. The average Bonchev–Trinajstić information content (AvgIpc) is 3.51. The molecule has 0 aliphatic carbocycles. The minimum absolute atomic E-state index is 0.0692. The van der Waals surface area contributed by atoms with Crippen molar-refractivity contribution in [2.75, 3.05) is 0 Å². The predicted molar refractivity (Wildman–Crippen MR) is 139 cm³/mol. The maximum Gasteiger partial charge on any atom is 0.269 e. The quantitative estimate of drug-likeness (QED) is 0.247. The van der Waals surface area contributed by atoms with Gasteiger partial charge in [-0.3, -0.25) is 0 Å². The number of aromatic nitrogens is 2. The Morgan fingerprint density at radius 3 is 2.41 bits per heavy atom. The van der Waals surface area contributed by atoms with Crippen LogP contribution in [0.15, 0.2) is 82.6 Å². The molecule has 34 heavy (non-hydrogen) atoms. The number of halogens is 2. The smallest absolute Gasteiger partial charge is 0.237 e. The standard InChI is InChI=1S/C24H16ClFN2O2S2.C2H6/c1-15-5-7-18(8-6-15)32(29,30)28-13-21(19-3-2-4-22(26)23(19)25)20-11-17(12-27-24(20)28)16-9-10-31-14-16;1-2/h2-14H,1H3;1-2H3. The zero-order chi connectivity index (χ0) is 24.5. The van der Waals surface area contributed by atoms with Crippen molar-refractivity contribution in [1.29, 1.82) is 0 Å². The van der Waals surface area contributed by atoms with Crippen LogP contribution < -0.4 is 0 Å². The van der Waals surface area contributed by atoms with Gasteiger partial charge in [0.25, 0.3) is 10.0 Å². The Hall–Kier alpha value is -3.00. The van der Waals surface area contributed by atoms with E-state index >= 15 is 0 Å². The lowest BCUT2D eigenvalue weighted by molar-refractivity contribution is 0.589. The summed E-state index contributed by atoms with van der Waals surface area (Å²) in [7, 11) is -3.94. The molecule has 5 aromatic rings. The molecule has 0 N–H and O–H groups in total.